The number of allylic oxidation sites excluding steroid dienone is 1. The summed E-state index contributed by atoms with van der Waals surface area (Å²) in [5.41, 5.74) is 10.6. The van der Waals surface area contributed by atoms with Gasteiger partial charge in [0.05, 0.1) is 5.52 Å². The summed E-state index contributed by atoms with van der Waals surface area (Å²) in [7, 11) is 0. The Morgan fingerprint density at radius 2 is 1.18 bits per heavy atom. The Kier molecular flexibility index (Phi) is 6.78. The molecule has 0 aliphatic heterocycles. The third-order valence-electron chi connectivity index (χ3n) is 9.73. The zero-order chi connectivity index (χ0) is 33.0. The van der Waals surface area contributed by atoms with Crippen molar-refractivity contribution >= 4 is 48.5 Å². The molecule has 4 nitrogen and oxygen atoms in total. The maximum Gasteiger partial charge on any atom is 0.165 e. The van der Waals surface area contributed by atoms with E-state index in [9.17, 15) is 0 Å². The van der Waals surface area contributed by atoms with Crippen molar-refractivity contribution in [1.82, 2.24) is 19.5 Å². The van der Waals surface area contributed by atoms with Crippen LogP contribution in [-0.2, 0) is 6.42 Å². The van der Waals surface area contributed by atoms with Gasteiger partial charge in [-0.25, -0.2) is 15.0 Å². The maximum atomic E-state index is 5.05. The van der Waals surface area contributed by atoms with E-state index in [1.807, 2.05) is 47.7 Å². The van der Waals surface area contributed by atoms with Crippen molar-refractivity contribution in [3.8, 4) is 51.0 Å². The molecule has 50 heavy (non-hydrogen) atoms. The second-order valence-corrected chi connectivity index (χ2v) is 13.8. The van der Waals surface area contributed by atoms with Gasteiger partial charge in [0.15, 0.2) is 17.5 Å². The number of fused-ring (bicyclic) bond motifs is 6. The van der Waals surface area contributed by atoms with Gasteiger partial charge in [0, 0.05) is 59.2 Å². The molecule has 0 saturated carbocycles. The molecule has 9 aromatic rings. The average Bonchev–Trinajstić information content (AvgIpc) is 3.74. The molecule has 0 unspecified atom stereocenters. The normalized spacial score (nSPS) is 12.6. The lowest BCUT2D eigenvalue weighted by Gasteiger charge is -2.13. The van der Waals surface area contributed by atoms with Crippen molar-refractivity contribution in [3.63, 3.8) is 0 Å². The Morgan fingerprint density at radius 1 is 0.520 bits per heavy atom. The molecule has 236 valence electrons. The molecule has 0 fully saturated rings. The molecule has 0 N–H and O–H groups in total. The summed E-state index contributed by atoms with van der Waals surface area (Å²) in [5.74, 6) is 2.02. The van der Waals surface area contributed by atoms with Crippen molar-refractivity contribution in [3.05, 3.63) is 163 Å². The third kappa shape index (κ3) is 4.78. The smallest absolute Gasteiger partial charge is 0.165 e. The number of hydrogen-bond acceptors (Lipinski definition) is 4. The van der Waals surface area contributed by atoms with Crippen molar-refractivity contribution in [1.29, 1.82) is 0 Å². The topological polar surface area (TPSA) is 43.6 Å². The van der Waals surface area contributed by atoms with Gasteiger partial charge in [-0.15, -0.1) is 11.3 Å². The third-order valence-corrected chi connectivity index (χ3v) is 10.9. The molecule has 3 heterocycles. The summed E-state index contributed by atoms with van der Waals surface area (Å²) in [5, 5.41) is 3.76. The molecule has 6 aromatic carbocycles. The fourth-order valence-corrected chi connectivity index (χ4v) is 8.61. The highest BCUT2D eigenvalue weighted by molar-refractivity contribution is 7.26. The van der Waals surface area contributed by atoms with Gasteiger partial charge in [-0.1, -0.05) is 121 Å². The summed E-state index contributed by atoms with van der Waals surface area (Å²) < 4.78 is 4.87. The van der Waals surface area contributed by atoms with E-state index in [2.05, 4.69) is 126 Å². The first-order valence-corrected chi connectivity index (χ1v) is 17.8. The number of aromatic nitrogens is 4. The minimum atomic E-state index is 0.670. The molecule has 1 aliphatic carbocycles. The first-order chi connectivity index (χ1) is 24.8. The van der Waals surface area contributed by atoms with Crippen LogP contribution in [0.4, 0.5) is 0 Å². The monoisotopic (exact) mass is 658 g/mol. The quantitative estimate of drug-likeness (QED) is 0.185. The molecule has 3 aromatic heterocycles. The van der Waals surface area contributed by atoms with Crippen LogP contribution in [-0.4, -0.2) is 19.5 Å². The second kappa shape index (κ2) is 11.8. The lowest BCUT2D eigenvalue weighted by molar-refractivity contribution is 0.888. The van der Waals surface area contributed by atoms with Gasteiger partial charge in [0.1, 0.15) is 0 Å². The molecule has 1 aliphatic rings. The van der Waals surface area contributed by atoms with Crippen molar-refractivity contribution < 1.29 is 0 Å². The number of hydrogen-bond donors (Lipinski definition) is 0. The minimum Gasteiger partial charge on any atom is -0.313 e. The second-order valence-electron chi connectivity index (χ2n) is 12.7. The summed E-state index contributed by atoms with van der Waals surface area (Å²) in [6.07, 6.45) is 6.73. The van der Waals surface area contributed by atoms with E-state index in [4.69, 9.17) is 15.0 Å². The van der Waals surface area contributed by atoms with E-state index in [1.54, 1.807) is 0 Å². The van der Waals surface area contributed by atoms with Gasteiger partial charge in [-0.3, -0.25) is 0 Å². The Labute approximate surface area is 293 Å². The highest BCUT2D eigenvalue weighted by atomic mass is 32.1. The fraction of sp³-hybridized carbons (Fsp3) is 0.0444. The zero-order valence-corrected chi connectivity index (χ0v) is 27.9. The van der Waals surface area contributed by atoms with Gasteiger partial charge in [0.25, 0.3) is 0 Å². The Morgan fingerprint density at radius 3 is 1.92 bits per heavy atom. The summed E-state index contributed by atoms with van der Waals surface area (Å²) in [6.45, 7) is 0. The predicted molar refractivity (Wildman–Crippen MR) is 209 cm³/mol. The van der Waals surface area contributed by atoms with Crippen LogP contribution in [0.1, 0.15) is 17.7 Å². The lowest BCUT2D eigenvalue weighted by atomic mass is 9.98. The Hall–Kier alpha value is -6.17. The van der Waals surface area contributed by atoms with Crippen LogP contribution in [0, 0.1) is 0 Å². The highest BCUT2D eigenvalue weighted by Gasteiger charge is 2.20. The molecular formula is C45H30N4S. The number of nitrogens with zero attached hydrogens (tertiary/aromatic N) is 4. The largest absolute Gasteiger partial charge is 0.313 e. The molecule has 0 bridgehead atoms. The maximum absolute atomic E-state index is 5.05. The summed E-state index contributed by atoms with van der Waals surface area (Å²) in [4.78, 5) is 15.0. The van der Waals surface area contributed by atoms with Crippen LogP contribution in [0.5, 0.6) is 0 Å². The lowest BCUT2D eigenvalue weighted by Crippen LogP contribution is -2.02. The van der Waals surface area contributed by atoms with E-state index in [0.717, 1.165) is 29.5 Å². The molecule has 0 amide bonds. The van der Waals surface area contributed by atoms with Crippen LogP contribution in [0.15, 0.2) is 152 Å². The standard InChI is InChI=1S/C45H30N4S/c1-4-13-29(14-5-1)43-46-44(30-15-6-2-7-16-30)48-45(47-43)37-21-12-20-36-35-25-23-32(28-41(35)50-42(36)37)31-24-26-40-38(27-31)34-19-10-11-22-39(34)49(40)33-17-8-3-9-18-33/h1-10,12-21,23-28H,11,22H2. The Balaban J connectivity index is 1.11. The predicted octanol–water partition coefficient (Wildman–Crippen LogP) is 11.8. The molecule has 0 radical (unpaired) electrons. The van der Waals surface area contributed by atoms with Crippen LogP contribution in [0.2, 0.25) is 0 Å². The summed E-state index contributed by atoms with van der Waals surface area (Å²) >= 11 is 1.81. The molecule has 10 rings (SSSR count). The van der Waals surface area contributed by atoms with Crippen molar-refractivity contribution in [2.24, 2.45) is 0 Å². The van der Waals surface area contributed by atoms with Crippen LogP contribution in [0.25, 0.3) is 88.1 Å². The Bertz CT molecular complexity index is 2690. The number of rotatable bonds is 5. The molecular weight excluding hydrogens is 629 g/mol. The molecule has 0 atom stereocenters. The molecule has 5 heteroatoms. The van der Waals surface area contributed by atoms with E-state index in [0.29, 0.717) is 17.5 Å². The van der Waals surface area contributed by atoms with E-state index in [-0.39, 0.29) is 0 Å². The van der Waals surface area contributed by atoms with Crippen molar-refractivity contribution in [2.45, 2.75) is 12.8 Å². The zero-order valence-electron chi connectivity index (χ0n) is 27.1. The van der Waals surface area contributed by atoms with Gasteiger partial charge in [0.2, 0.25) is 0 Å². The SMILES string of the molecule is C1=Cc2c(n(-c3ccccc3)c3ccc(-c4ccc5c(c4)sc4c(-c6nc(-c7ccccc7)nc(-c7ccccc7)n6)cccc45)cc23)CC1. The van der Waals surface area contributed by atoms with Gasteiger partial charge in [-0.05, 0) is 60.4 Å². The number of thiophene rings is 1. The number of benzene rings is 6. The van der Waals surface area contributed by atoms with Crippen molar-refractivity contribution in [2.75, 3.05) is 0 Å². The van der Waals surface area contributed by atoms with E-state index < -0.39 is 0 Å². The molecule has 0 saturated heterocycles. The van der Waals surface area contributed by atoms with Crippen LogP contribution < -0.4 is 0 Å². The first kappa shape index (κ1) is 28.8. The van der Waals surface area contributed by atoms with Gasteiger partial charge >= 0.3 is 0 Å². The van der Waals surface area contributed by atoms with Gasteiger partial charge < -0.3 is 4.57 Å². The van der Waals surface area contributed by atoms with Crippen LogP contribution in [0.3, 0.4) is 0 Å². The molecule has 0 spiro atoms. The van der Waals surface area contributed by atoms with Gasteiger partial charge in [-0.2, -0.15) is 0 Å². The highest BCUT2D eigenvalue weighted by Crippen LogP contribution is 2.42. The van der Waals surface area contributed by atoms with E-state index in [1.165, 1.54) is 59.1 Å². The summed E-state index contributed by atoms with van der Waals surface area (Å²) in [6, 6.07) is 51.4. The number of para-hydroxylation sites is 1. The minimum absolute atomic E-state index is 0.670. The van der Waals surface area contributed by atoms with E-state index >= 15 is 0 Å². The fourth-order valence-electron chi connectivity index (χ4n) is 7.36. The average molecular weight is 659 g/mol. The van der Waals surface area contributed by atoms with Crippen LogP contribution >= 0.6 is 11.3 Å². The first-order valence-electron chi connectivity index (χ1n) is 17.0.